The van der Waals surface area contributed by atoms with Gasteiger partial charge in [0.25, 0.3) is 0 Å². The van der Waals surface area contributed by atoms with Crippen molar-refractivity contribution in [1.29, 1.82) is 0 Å². The summed E-state index contributed by atoms with van der Waals surface area (Å²) < 4.78 is 0. The van der Waals surface area contributed by atoms with Crippen LogP contribution in [0.1, 0.15) is 12.8 Å². The predicted molar refractivity (Wildman–Crippen MR) is 73.8 cm³/mol. The van der Waals surface area contributed by atoms with Crippen LogP contribution < -0.4 is 16.4 Å². The van der Waals surface area contributed by atoms with Gasteiger partial charge in [-0.15, -0.1) is 11.6 Å². The van der Waals surface area contributed by atoms with E-state index >= 15 is 0 Å². The van der Waals surface area contributed by atoms with Crippen LogP contribution in [0.4, 0.5) is 5.69 Å². The number of aromatic nitrogens is 2. The summed E-state index contributed by atoms with van der Waals surface area (Å²) in [5.41, 5.74) is 0.0855. The molecule has 0 atom stereocenters. The van der Waals surface area contributed by atoms with Crippen LogP contribution in [0, 0.1) is 0 Å². The Morgan fingerprint density at radius 3 is 2.53 bits per heavy atom. The fourth-order valence-electron chi connectivity index (χ4n) is 1.64. The van der Waals surface area contributed by atoms with E-state index in [4.69, 9.17) is 11.6 Å². The molecule has 0 fully saturated rings. The molecule has 0 bridgehead atoms. The van der Waals surface area contributed by atoms with Gasteiger partial charge in [0, 0.05) is 18.0 Å². The van der Waals surface area contributed by atoms with Crippen molar-refractivity contribution in [3.8, 4) is 0 Å². The number of amides is 1. The first kappa shape index (κ1) is 13.4. The number of fused-ring (bicyclic) bond motifs is 1. The molecule has 0 aliphatic rings. The summed E-state index contributed by atoms with van der Waals surface area (Å²) in [4.78, 5) is 38.8. The SMILES string of the molecule is O=C(CCCCl)Nc1ccc2[nH]c(=O)c(=O)[nH]c2c1. The first-order chi connectivity index (χ1) is 9.10. The van der Waals surface area contributed by atoms with Gasteiger partial charge in [0.15, 0.2) is 0 Å². The highest BCUT2D eigenvalue weighted by atomic mass is 35.5. The molecule has 0 saturated carbocycles. The number of hydrogen-bond acceptors (Lipinski definition) is 3. The Morgan fingerprint density at radius 1 is 1.16 bits per heavy atom. The summed E-state index contributed by atoms with van der Waals surface area (Å²) >= 11 is 5.51. The van der Waals surface area contributed by atoms with E-state index in [1.165, 1.54) is 0 Å². The van der Waals surface area contributed by atoms with Crippen molar-refractivity contribution in [3.05, 3.63) is 38.9 Å². The Labute approximate surface area is 112 Å². The van der Waals surface area contributed by atoms with Crippen LogP contribution in [0.15, 0.2) is 27.8 Å². The lowest BCUT2D eigenvalue weighted by atomic mass is 10.2. The van der Waals surface area contributed by atoms with Gasteiger partial charge in [0.05, 0.1) is 11.0 Å². The summed E-state index contributed by atoms with van der Waals surface area (Å²) in [7, 11) is 0. The van der Waals surface area contributed by atoms with Crippen LogP contribution in [0.5, 0.6) is 0 Å². The molecule has 3 N–H and O–H groups in total. The summed E-state index contributed by atoms with van der Waals surface area (Å²) in [6.07, 6.45) is 0.939. The molecule has 0 aliphatic heterocycles. The molecule has 0 spiro atoms. The molecule has 2 rings (SSSR count). The van der Waals surface area contributed by atoms with Crippen molar-refractivity contribution in [2.45, 2.75) is 12.8 Å². The van der Waals surface area contributed by atoms with E-state index in [-0.39, 0.29) is 5.91 Å². The molecule has 1 aromatic heterocycles. The van der Waals surface area contributed by atoms with Crippen molar-refractivity contribution < 1.29 is 4.79 Å². The third-order valence-electron chi connectivity index (χ3n) is 2.54. The lowest BCUT2D eigenvalue weighted by molar-refractivity contribution is -0.116. The summed E-state index contributed by atoms with van der Waals surface area (Å²) in [6, 6.07) is 4.85. The number of halogens is 1. The second kappa shape index (κ2) is 5.71. The molecular weight excluding hydrogens is 270 g/mol. The number of nitrogens with one attached hydrogen (secondary N) is 3. The summed E-state index contributed by atoms with van der Waals surface area (Å²) in [5.74, 6) is 0.284. The fraction of sp³-hybridized carbons (Fsp3) is 0.250. The predicted octanol–water partition coefficient (Wildman–Crippen LogP) is 1.17. The number of hydrogen-bond donors (Lipinski definition) is 3. The number of benzene rings is 1. The Kier molecular flexibility index (Phi) is 4.01. The largest absolute Gasteiger partial charge is 0.326 e. The van der Waals surface area contributed by atoms with Gasteiger partial charge in [-0.3, -0.25) is 14.4 Å². The minimum Gasteiger partial charge on any atom is -0.326 e. The Balaban J connectivity index is 2.26. The van der Waals surface area contributed by atoms with Crippen molar-refractivity contribution >= 4 is 34.2 Å². The van der Waals surface area contributed by atoms with E-state index in [9.17, 15) is 14.4 Å². The molecule has 1 amide bonds. The highest BCUT2D eigenvalue weighted by Crippen LogP contribution is 2.14. The van der Waals surface area contributed by atoms with Crippen molar-refractivity contribution in [2.75, 3.05) is 11.2 Å². The molecule has 1 aromatic carbocycles. The number of anilines is 1. The van der Waals surface area contributed by atoms with E-state index in [0.717, 1.165) is 0 Å². The van der Waals surface area contributed by atoms with Gasteiger partial charge in [-0.25, -0.2) is 0 Å². The van der Waals surface area contributed by atoms with Crippen LogP contribution in [0.2, 0.25) is 0 Å². The van der Waals surface area contributed by atoms with Crippen LogP contribution in [-0.2, 0) is 4.79 Å². The number of carbonyl (C=O) groups is 1. The average molecular weight is 282 g/mol. The van der Waals surface area contributed by atoms with Crippen LogP contribution >= 0.6 is 11.6 Å². The van der Waals surface area contributed by atoms with Crippen molar-refractivity contribution in [1.82, 2.24) is 9.97 Å². The van der Waals surface area contributed by atoms with Gasteiger partial charge in [-0.2, -0.15) is 0 Å². The van der Waals surface area contributed by atoms with E-state index in [1.807, 2.05) is 0 Å². The molecular formula is C12H12ClN3O3. The third-order valence-corrected chi connectivity index (χ3v) is 2.81. The van der Waals surface area contributed by atoms with Crippen LogP contribution in [-0.4, -0.2) is 21.8 Å². The molecule has 0 unspecified atom stereocenters. The van der Waals surface area contributed by atoms with Crippen molar-refractivity contribution in [2.24, 2.45) is 0 Å². The lowest BCUT2D eigenvalue weighted by Gasteiger charge is -2.05. The smallest absolute Gasteiger partial charge is 0.314 e. The van der Waals surface area contributed by atoms with Gasteiger partial charge in [0.2, 0.25) is 5.91 Å². The van der Waals surface area contributed by atoms with E-state index in [2.05, 4.69) is 15.3 Å². The molecule has 100 valence electrons. The maximum atomic E-state index is 11.5. The molecule has 0 saturated heterocycles. The second-order valence-electron chi connectivity index (χ2n) is 4.01. The Bertz CT molecular complexity index is 720. The van der Waals surface area contributed by atoms with Crippen LogP contribution in [0.25, 0.3) is 11.0 Å². The van der Waals surface area contributed by atoms with Gasteiger partial charge >= 0.3 is 11.1 Å². The van der Waals surface area contributed by atoms with Gasteiger partial charge in [-0.05, 0) is 24.6 Å². The zero-order chi connectivity index (χ0) is 13.8. The van der Waals surface area contributed by atoms with E-state index in [1.54, 1.807) is 18.2 Å². The van der Waals surface area contributed by atoms with E-state index < -0.39 is 11.1 Å². The highest BCUT2D eigenvalue weighted by Gasteiger charge is 2.04. The third kappa shape index (κ3) is 3.23. The van der Waals surface area contributed by atoms with Gasteiger partial charge < -0.3 is 15.3 Å². The summed E-state index contributed by atoms with van der Waals surface area (Å²) in [6.45, 7) is 0. The zero-order valence-corrected chi connectivity index (χ0v) is 10.7. The molecule has 1 heterocycles. The number of alkyl halides is 1. The van der Waals surface area contributed by atoms with Gasteiger partial charge in [-0.1, -0.05) is 0 Å². The maximum absolute atomic E-state index is 11.5. The van der Waals surface area contributed by atoms with Crippen LogP contribution in [0.3, 0.4) is 0 Å². The van der Waals surface area contributed by atoms with E-state index in [0.29, 0.717) is 35.4 Å². The molecule has 19 heavy (non-hydrogen) atoms. The molecule has 2 aromatic rings. The number of carbonyl (C=O) groups excluding carboxylic acids is 1. The molecule has 0 radical (unpaired) electrons. The molecule has 0 aliphatic carbocycles. The summed E-state index contributed by atoms with van der Waals surface area (Å²) in [5, 5.41) is 2.69. The highest BCUT2D eigenvalue weighted by molar-refractivity contribution is 6.18. The standard InChI is InChI=1S/C12H12ClN3O3/c13-5-1-2-10(17)14-7-3-4-8-9(6-7)16-12(19)11(18)15-8/h3-4,6H,1-2,5H2,(H,14,17)(H,15,18)(H,16,19). The van der Waals surface area contributed by atoms with Crippen molar-refractivity contribution in [3.63, 3.8) is 0 Å². The first-order valence-corrected chi connectivity index (χ1v) is 6.26. The average Bonchev–Trinajstić information content (AvgIpc) is 2.38. The number of aromatic amines is 2. The second-order valence-corrected chi connectivity index (χ2v) is 4.39. The lowest BCUT2D eigenvalue weighted by Crippen LogP contribution is -2.28. The first-order valence-electron chi connectivity index (χ1n) is 5.72. The normalized spacial score (nSPS) is 10.6. The monoisotopic (exact) mass is 281 g/mol. The molecule has 7 heteroatoms. The minimum absolute atomic E-state index is 0.147. The maximum Gasteiger partial charge on any atom is 0.314 e. The number of H-pyrrole nitrogens is 2. The fourth-order valence-corrected chi connectivity index (χ4v) is 1.78. The minimum atomic E-state index is -0.724. The Morgan fingerprint density at radius 2 is 1.84 bits per heavy atom. The van der Waals surface area contributed by atoms with Gasteiger partial charge in [0.1, 0.15) is 0 Å². The Hall–Kier alpha value is -2.08. The number of rotatable bonds is 4. The topological polar surface area (TPSA) is 94.8 Å². The molecule has 6 nitrogen and oxygen atoms in total. The zero-order valence-electron chi connectivity index (χ0n) is 9.96. The quantitative estimate of drug-likeness (QED) is 0.580.